The van der Waals surface area contributed by atoms with Gasteiger partial charge >= 0.3 is 6.18 Å². The molecule has 1 aromatic rings. The molecule has 0 radical (unpaired) electrons. The van der Waals surface area contributed by atoms with Gasteiger partial charge in [-0.15, -0.1) is 0 Å². The molecular weight excluding hydrogens is 367 g/mol. The zero-order valence-corrected chi connectivity index (χ0v) is 13.5. The quantitative estimate of drug-likeness (QED) is 0.816. The van der Waals surface area contributed by atoms with Crippen LogP contribution in [0.4, 0.5) is 22.0 Å². The molecule has 1 unspecified atom stereocenters. The van der Waals surface area contributed by atoms with Crippen molar-refractivity contribution in [3.8, 4) is 5.06 Å². The predicted molar refractivity (Wildman–Crippen MR) is 71.8 cm³/mol. The van der Waals surface area contributed by atoms with Crippen molar-refractivity contribution in [3.05, 3.63) is 11.1 Å². The van der Waals surface area contributed by atoms with Crippen molar-refractivity contribution in [3.63, 3.8) is 0 Å². The molecule has 1 N–H and O–H groups in total. The van der Waals surface area contributed by atoms with Crippen LogP contribution in [-0.2, 0) is 9.84 Å². The fourth-order valence-corrected chi connectivity index (χ4v) is 4.54. The fraction of sp³-hybridized carbons (Fsp3) is 0.667. The van der Waals surface area contributed by atoms with Gasteiger partial charge in [-0.1, -0.05) is 18.3 Å². The average Bonchev–Trinajstić information content (AvgIpc) is 2.88. The molecule has 1 aliphatic carbocycles. The maximum Gasteiger partial charge on any atom is 0.394 e. The Bertz CT molecular complexity index is 697. The Hall–Kier alpha value is -0.940. The third-order valence-electron chi connectivity index (χ3n) is 3.43. The third kappa shape index (κ3) is 3.31. The van der Waals surface area contributed by atoms with Crippen LogP contribution in [0.3, 0.4) is 0 Å². The molecule has 2 rings (SSSR count). The molecule has 132 valence electrons. The largest absolute Gasteiger partial charge is 0.483 e. The second kappa shape index (κ2) is 5.85. The van der Waals surface area contributed by atoms with Gasteiger partial charge in [0.1, 0.15) is 16.9 Å². The van der Waals surface area contributed by atoms with E-state index in [9.17, 15) is 35.5 Å². The molecule has 0 spiro atoms. The van der Waals surface area contributed by atoms with E-state index in [0.717, 1.165) is 13.2 Å². The second-order valence-corrected chi connectivity index (χ2v) is 8.52. The highest BCUT2D eigenvalue weighted by atomic mass is 32.2. The summed E-state index contributed by atoms with van der Waals surface area (Å²) in [6.07, 6.45) is -10.5. The van der Waals surface area contributed by atoms with Crippen molar-refractivity contribution in [2.24, 2.45) is 5.92 Å². The molecule has 0 aliphatic heterocycles. The minimum absolute atomic E-state index is 0.387. The standard InChI is InChI=1S/C12H13F5O4S2/c1-4(12(15,16)17)3-21-10-5-6(9(18)8(14)7(5)13)11(22-10)23(2,19)20/h4,7-9,18H,3H2,1-2H3/t4?,7-,8-,9+/m1/s1. The zero-order chi connectivity index (χ0) is 17.7. The van der Waals surface area contributed by atoms with Gasteiger partial charge in [-0.25, -0.2) is 17.2 Å². The average molecular weight is 380 g/mol. The van der Waals surface area contributed by atoms with Crippen LogP contribution in [0.2, 0.25) is 0 Å². The van der Waals surface area contributed by atoms with Crippen molar-refractivity contribution in [2.45, 2.75) is 35.8 Å². The molecule has 0 amide bonds. The van der Waals surface area contributed by atoms with Gasteiger partial charge in [-0.2, -0.15) is 13.2 Å². The van der Waals surface area contributed by atoms with E-state index in [-0.39, 0.29) is 0 Å². The van der Waals surface area contributed by atoms with Crippen molar-refractivity contribution in [1.82, 2.24) is 0 Å². The fourth-order valence-electron chi connectivity index (χ4n) is 2.11. The molecule has 4 atom stereocenters. The molecule has 1 heterocycles. The van der Waals surface area contributed by atoms with E-state index < -0.39 is 67.4 Å². The summed E-state index contributed by atoms with van der Waals surface area (Å²) >= 11 is 0.387. The summed E-state index contributed by atoms with van der Waals surface area (Å²) in [7, 11) is -3.93. The zero-order valence-electron chi connectivity index (χ0n) is 11.9. The number of hydrogen-bond donors (Lipinski definition) is 1. The Balaban J connectivity index is 2.42. The number of hydrogen-bond acceptors (Lipinski definition) is 5. The highest BCUT2D eigenvalue weighted by Gasteiger charge is 2.48. The van der Waals surface area contributed by atoms with Crippen LogP contribution < -0.4 is 4.74 Å². The maximum absolute atomic E-state index is 14.0. The lowest BCUT2D eigenvalue weighted by atomic mass is 10.2. The lowest BCUT2D eigenvalue weighted by Crippen LogP contribution is -2.25. The number of aliphatic hydroxyl groups is 1. The molecule has 0 saturated heterocycles. The number of fused-ring (bicyclic) bond motifs is 1. The summed E-state index contributed by atoms with van der Waals surface area (Å²) in [5.74, 6) is -1.88. The Labute approximate surface area is 132 Å². The van der Waals surface area contributed by atoms with Crippen LogP contribution in [0.15, 0.2) is 4.21 Å². The lowest BCUT2D eigenvalue weighted by Gasteiger charge is -2.16. The first-order chi connectivity index (χ1) is 10.4. The highest BCUT2D eigenvalue weighted by molar-refractivity contribution is 7.92. The smallest absolute Gasteiger partial charge is 0.394 e. The first-order valence-corrected chi connectivity index (χ1v) is 9.08. The second-order valence-electron chi connectivity index (χ2n) is 5.32. The molecule has 23 heavy (non-hydrogen) atoms. The molecule has 0 fully saturated rings. The minimum atomic E-state index is -4.54. The van der Waals surface area contributed by atoms with Crippen molar-refractivity contribution < 1.29 is 40.2 Å². The SMILES string of the molecule is CC(COc1sc(S(C)(=O)=O)c2c1[C@@H](F)[C@@H](F)[C@H]2O)C(F)(F)F. The summed E-state index contributed by atoms with van der Waals surface area (Å²) in [6, 6.07) is 0. The van der Waals surface area contributed by atoms with E-state index in [2.05, 4.69) is 0 Å². The molecule has 0 aromatic carbocycles. The van der Waals surface area contributed by atoms with Crippen molar-refractivity contribution >= 4 is 21.2 Å². The summed E-state index contributed by atoms with van der Waals surface area (Å²) in [4.78, 5) is 0. The van der Waals surface area contributed by atoms with Crippen LogP contribution in [0.5, 0.6) is 5.06 Å². The maximum atomic E-state index is 14.0. The lowest BCUT2D eigenvalue weighted by molar-refractivity contribution is -0.176. The topological polar surface area (TPSA) is 63.6 Å². The number of thiophene rings is 1. The van der Waals surface area contributed by atoms with Gasteiger partial charge < -0.3 is 9.84 Å². The van der Waals surface area contributed by atoms with Crippen LogP contribution >= 0.6 is 11.3 Å². The monoisotopic (exact) mass is 380 g/mol. The molecule has 1 aliphatic rings. The molecule has 1 aromatic heterocycles. The first-order valence-electron chi connectivity index (χ1n) is 6.38. The van der Waals surface area contributed by atoms with Gasteiger partial charge in [-0.3, -0.25) is 0 Å². The molecule has 0 bridgehead atoms. The molecular formula is C12H13F5O4S2. The Kier molecular flexibility index (Phi) is 4.68. The summed E-state index contributed by atoms with van der Waals surface area (Å²) < 4.78 is 92.8. The molecule has 4 nitrogen and oxygen atoms in total. The summed E-state index contributed by atoms with van der Waals surface area (Å²) in [6.45, 7) is -0.0372. The van der Waals surface area contributed by atoms with Crippen molar-refractivity contribution in [2.75, 3.05) is 12.9 Å². The van der Waals surface area contributed by atoms with E-state index in [0.29, 0.717) is 11.3 Å². The van der Waals surface area contributed by atoms with Gasteiger partial charge in [0.2, 0.25) is 0 Å². The Morgan fingerprint density at radius 3 is 2.35 bits per heavy atom. The van der Waals surface area contributed by atoms with E-state index in [1.165, 1.54) is 0 Å². The van der Waals surface area contributed by atoms with E-state index in [4.69, 9.17) is 4.74 Å². The van der Waals surface area contributed by atoms with Gasteiger partial charge in [-0.05, 0) is 0 Å². The summed E-state index contributed by atoms with van der Waals surface area (Å²) in [5, 5.41) is 9.22. The number of sulfone groups is 1. The number of alkyl halides is 5. The number of halogens is 5. The van der Waals surface area contributed by atoms with E-state index in [1.807, 2.05) is 0 Å². The number of rotatable bonds is 4. The third-order valence-corrected chi connectivity index (χ3v) is 6.41. The van der Waals surface area contributed by atoms with Crippen LogP contribution in [0.1, 0.15) is 30.3 Å². The van der Waals surface area contributed by atoms with Crippen LogP contribution in [0.25, 0.3) is 0 Å². The highest BCUT2D eigenvalue weighted by Crippen LogP contribution is 2.54. The molecule has 11 heteroatoms. The Morgan fingerprint density at radius 1 is 1.30 bits per heavy atom. The van der Waals surface area contributed by atoms with Gasteiger partial charge in [0, 0.05) is 11.8 Å². The number of ether oxygens (including phenoxy) is 1. The number of aliphatic hydroxyl groups excluding tert-OH is 1. The van der Waals surface area contributed by atoms with Gasteiger partial charge in [0.15, 0.2) is 27.2 Å². The van der Waals surface area contributed by atoms with Crippen LogP contribution in [-0.4, -0.2) is 38.7 Å². The Morgan fingerprint density at radius 2 is 1.87 bits per heavy atom. The summed E-state index contributed by atoms with van der Waals surface area (Å²) in [5.41, 5.74) is -0.989. The van der Waals surface area contributed by atoms with Gasteiger partial charge in [0.25, 0.3) is 0 Å². The molecule has 0 saturated carbocycles. The van der Waals surface area contributed by atoms with Gasteiger partial charge in [0.05, 0.1) is 11.5 Å². The van der Waals surface area contributed by atoms with Crippen LogP contribution in [0, 0.1) is 5.92 Å². The van der Waals surface area contributed by atoms with E-state index >= 15 is 0 Å². The first kappa shape index (κ1) is 18.4. The predicted octanol–water partition coefficient (Wildman–Crippen LogP) is 3.12. The van der Waals surface area contributed by atoms with E-state index in [1.54, 1.807) is 0 Å². The minimum Gasteiger partial charge on any atom is -0.483 e. The van der Waals surface area contributed by atoms with Crippen molar-refractivity contribution in [1.29, 1.82) is 0 Å². The normalized spacial score (nSPS) is 26.2.